The summed E-state index contributed by atoms with van der Waals surface area (Å²) in [5.74, 6) is -1.36. The third-order valence-corrected chi connectivity index (χ3v) is 10.3. The van der Waals surface area contributed by atoms with Gasteiger partial charge in [-0.1, -0.05) is 74.0 Å². The highest BCUT2D eigenvalue weighted by Gasteiger charge is 2.35. The molecule has 0 bridgehead atoms. The molecule has 0 spiro atoms. The Morgan fingerprint density at radius 3 is 2.23 bits per heavy atom. The Labute approximate surface area is 287 Å². The van der Waals surface area contributed by atoms with E-state index in [4.69, 9.17) is 4.74 Å². The lowest BCUT2D eigenvalue weighted by molar-refractivity contribution is -0.140. The SMILES string of the molecule is CCCCNC(=O)C(Cc1ccccc1)N(Cc1ccccc1F)C(=O)CN(c1ccccc1OCC)S(=O)(=O)c1ccc(SC)cc1. The van der Waals surface area contributed by atoms with Gasteiger partial charge in [0.15, 0.2) is 0 Å². The van der Waals surface area contributed by atoms with Crippen LogP contribution in [0.2, 0.25) is 0 Å². The number of anilines is 1. The van der Waals surface area contributed by atoms with E-state index in [0.29, 0.717) is 6.54 Å². The number of unbranched alkanes of at least 4 members (excludes halogenated alkanes) is 1. The van der Waals surface area contributed by atoms with Gasteiger partial charge in [0.25, 0.3) is 10.0 Å². The van der Waals surface area contributed by atoms with Gasteiger partial charge in [0, 0.05) is 30.0 Å². The van der Waals surface area contributed by atoms with Crippen LogP contribution in [-0.4, -0.2) is 57.1 Å². The number of nitrogens with zero attached hydrogens (tertiary/aromatic N) is 2. The van der Waals surface area contributed by atoms with Crippen molar-refractivity contribution < 1.29 is 27.1 Å². The molecule has 0 saturated carbocycles. The first kappa shape index (κ1) is 36.5. The summed E-state index contributed by atoms with van der Waals surface area (Å²) in [6, 6.07) is 27.2. The van der Waals surface area contributed by atoms with Crippen LogP contribution < -0.4 is 14.4 Å². The summed E-state index contributed by atoms with van der Waals surface area (Å²) in [4.78, 5) is 30.6. The minimum Gasteiger partial charge on any atom is -0.492 e. The number of sulfonamides is 1. The fourth-order valence-corrected chi connectivity index (χ4v) is 7.03. The summed E-state index contributed by atoms with van der Waals surface area (Å²) >= 11 is 1.47. The van der Waals surface area contributed by atoms with Crippen molar-refractivity contribution in [2.45, 2.75) is 55.5 Å². The largest absolute Gasteiger partial charge is 0.492 e. The number of amides is 2. The average Bonchev–Trinajstić information content (AvgIpc) is 3.10. The molecule has 0 radical (unpaired) electrons. The van der Waals surface area contributed by atoms with Gasteiger partial charge in [-0.25, -0.2) is 12.8 Å². The molecular formula is C37H42FN3O5S2. The zero-order valence-electron chi connectivity index (χ0n) is 27.5. The lowest BCUT2D eigenvalue weighted by atomic mass is 10.0. The van der Waals surface area contributed by atoms with Gasteiger partial charge < -0.3 is 15.0 Å². The first-order valence-electron chi connectivity index (χ1n) is 15.9. The number of hydrogen-bond acceptors (Lipinski definition) is 6. The van der Waals surface area contributed by atoms with Gasteiger partial charge >= 0.3 is 0 Å². The number of thioether (sulfide) groups is 1. The van der Waals surface area contributed by atoms with E-state index < -0.39 is 40.2 Å². The first-order chi connectivity index (χ1) is 23.2. The molecule has 0 aliphatic rings. The lowest BCUT2D eigenvalue weighted by Gasteiger charge is -2.34. The Kier molecular flexibility index (Phi) is 13.5. The second-order valence-corrected chi connectivity index (χ2v) is 13.8. The quantitative estimate of drug-likeness (QED) is 0.0979. The van der Waals surface area contributed by atoms with Crippen molar-refractivity contribution in [3.05, 3.63) is 120 Å². The monoisotopic (exact) mass is 691 g/mol. The van der Waals surface area contributed by atoms with Crippen LogP contribution >= 0.6 is 11.8 Å². The van der Waals surface area contributed by atoms with Crippen LogP contribution in [0.5, 0.6) is 5.75 Å². The number of carbonyl (C=O) groups is 2. The highest BCUT2D eigenvalue weighted by Crippen LogP contribution is 2.33. The Morgan fingerprint density at radius 1 is 0.896 bits per heavy atom. The molecular weight excluding hydrogens is 650 g/mol. The molecule has 8 nitrogen and oxygen atoms in total. The molecule has 1 atom stereocenters. The van der Waals surface area contributed by atoms with Crippen LogP contribution in [0.25, 0.3) is 0 Å². The van der Waals surface area contributed by atoms with Gasteiger partial charge in [-0.2, -0.15) is 0 Å². The average molecular weight is 692 g/mol. The Balaban J connectivity index is 1.83. The molecule has 4 rings (SSSR count). The van der Waals surface area contributed by atoms with Gasteiger partial charge in [0.05, 0.1) is 17.2 Å². The van der Waals surface area contributed by atoms with Gasteiger partial charge in [0.2, 0.25) is 11.8 Å². The highest BCUT2D eigenvalue weighted by molar-refractivity contribution is 7.98. The standard InChI is InChI=1S/C37H42FN3O5S2/c1-4-6-24-39-37(43)34(25-28-14-8-7-9-15-28)40(26-29-16-10-11-17-32(29)38)36(42)27-41(33-18-12-13-19-35(33)46-5-2)48(44,45)31-22-20-30(47-3)21-23-31/h7-23,34H,4-6,24-27H2,1-3H3,(H,39,43). The number of rotatable bonds is 17. The molecule has 1 unspecified atom stereocenters. The molecule has 11 heteroatoms. The molecule has 48 heavy (non-hydrogen) atoms. The summed E-state index contributed by atoms with van der Waals surface area (Å²) in [6.45, 7) is 3.52. The summed E-state index contributed by atoms with van der Waals surface area (Å²) in [5, 5.41) is 2.94. The molecule has 0 aliphatic heterocycles. The van der Waals surface area contributed by atoms with Crippen molar-refractivity contribution in [2.75, 3.05) is 30.3 Å². The molecule has 0 aliphatic carbocycles. The molecule has 0 saturated heterocycles. The summed E-state index contributed by atoms with van der Waals surface area (Å²) in [6.07, 6.45) is 3.62. The minimum atomic E-state index is -4.33. The van der Waals surface area contributed by atoms with Crippen molar-refractivity contribution in [3.63, 3.8) is 0 Å². The summed E-state index contributed by atoms with van der Waals surface area (Å²) in [5.41, 5.74) is 1.15. The van der Waals surface area contributed by atoms with Crippen LogP contribution in [0.3, 0.4) is 0 Å². The van der Waals surface area contributed by atoms with E-state index in [-0.39, 0.29) is 41.5 Å². The maximum atomic E-state index is 15.1. The summed E-state index contributed by atoms with van der Waals surface area (Å²) < 4.78 is 50.7. The maximum absolute atomic E-state index is 15.1. The second-order valence-electron chi connectivity index (χ2n) is 11.1. The second kappa shape index (κ2) is 17.7. The van der Waals surface area contributed by atoms with Crippen LogP contribution in [-0.2, 0) is 32.6 Å². The molecule has 4 aromatic rings. The minimum absolute atomic E-state index is 0.0156. The topological polar surface area (TPSA) is 96.0 Å². The van der Waals surface area contributed by atoms with Crippen molar-refractivity contribution in [3.8, 4) is 5.75 Å². The van der Waals surface area contributed by atoms with Gasteiger partial charge in [-0.15, -0.1) is 11.8 Å². The van der Waals surface area contributed by atoms with E-state index >= 15 is 4.39 Å². The Morgan fingerprint density at radius 2 is 1.56 bits per heavy atom. The molecule has 0 aromatic heterocycles. The van der Waals surface area contributed by atoms with E-state index in [2.05, 4.69) is 5.32 Å². The lowest BCUT2D eigenvalue weighted by Crippen LogP contribution is -2.53. The number of para-hydroxylation sites is 2. The van der Waals surface area contributed by atoms with E-state index in [1.807, 2.05) is 43.5 Å². The smallest absolute Gasteiger partial charge is 0.264 e. The Hall–Kier alpha value is -4.35. The van der Waals surface area contributed by atoms with E-state index in [1.165, 1.54) is 34.9 Å². The van der Waals surface area contributed by atoms with Gasteiger partial charge in [-0.05, 0) is 67.6 Å². The highest BCUT2D eigenvalue weighted by atomic mass is 32.2. The predicted octanol–water partition coefficient (Wildman–Crippen LogP) is 6.70. The zero-order chi connectivity index (χ0) is 34.5. The third kappa shape index (κ3) is 9.38. The molecule has 4 aromatic carbocycles. The number of benzene rings is 4. The molecule has 254 valence electrons. The van der Waals surface area contributed by atoms with Crippen LogP contribution in [0.15, 0.2) is 113 Å². The van der Waals surface area contributed by atoms with E-state index in [9.17, 15) is 18.0 Å². The number of hydrogen-bond donors (Lipinski definition) is 1. The number of halogens is 1. The number of nitrogens with one attached hydrogen (secondary N) is 1. The molecule has 1 N–H and O–H groups in total. The normalized spacial score (nSPS) is 11.8. The maximum Gasteiger partial charge on any atom is 0.264 e. The first-order valence-corrected chi connectivity index (χ1v) is 18.6. The molecule has 2 amide bonds. The Bertz CT molecular complexity index is 1750. The fraction of sp³-hybridized carbons (Fsp3) is 0.297. The third-order valence-electron chi connectivity index (χ3n) is 7.76. The van der Waals surface area contributed by atoms with Crippen molar-refractivity contribution in [1.29, 1.82) is 0 Å². The van der Waals surface area contributed by atoms with Gasteiger partial charge in [-0.3, -0.25) is 13.9 Å². The predicted molar refractivity (Wildman–Crippen MR) is 189 cm³/mol. The van der Waals surface area contributed by atoms with Crippen LogP contribution in [0.4, 0.5) is 10.1 Å². The molecule has 0 fully saturated rings. The van der Waals surface area contributed by atoms with E-state index in [0.717, 1.165) is 27.6 Å². The van der Waals surface area contributed by atoms with Crippen molar-refractivity contribution in [2.24, 2.45) is 0 Å². The van der Waals surface area contributed by atoms with Gasteiger partial charge in [0.1, 0.15) is 24.2 Å². The number of ether oxygens (including phenoxy) is 1. The van der Waals surface area contributed by atoms with Crippen LogP contribution in [0, 0.1) is 5.82 Å². The summed E-state index contributed by atoms with van der Waals surface area (Å²) in [7, 11) is -4.33. The fourth-order valence-electron chi connectivity index (χ4n) is 5.20. The van der Waals surface area contributed by atoms with Crippen molar-refractivity contribution >= 4 is 39.3 Å². The molecule has 0 heterocycles. The van der Waals surface area contributed by atoms with Crippen LogP contribution in [0.1, 0.15) is 37.8 Å². The zero-order valence-corrected chi connectivity index (χ0v) is 29.1. The van der Waals surface area contributed by atoms with E-state index in [1.54, 1.807) is 61.5 Å². The number of carbonyl (C=O) groups excluding carboxylic acids is 2. The van der Waals surface area contributed by atoms with Crippen molar-refractivity contribution in [1.82, 2.24) is 10.2 Å².